The van der Waals surface area contributed by atoms with Crippen LogP contribution in [0.5, 0.6) is 0 Å². The van der Waals surface area contributed by atoms with E-state index in [0.717, 1.165) is 18.5 Å². The monoisotopic (exact) mass is 225 g/mol. The van der Waals surface area contributed by atoms with Crippen molar-refractivity contribution in [2.75, 3.05) is 13.7 Å². The van der Waals surface area contributed by atoms with Crippen molar-refractivity contribution in [2.45, 2.75) is 26.8 Å². The molecule has 1 atom stereocenters. The molecule has 90 valence electrons. The molecule has 1 unspecified atom stereocenters. The molecule has 0 saturated carbocycles. The average Bonchev–Trinajstić information content (AvgIpc) is 2.76. The van der Waals surface area contributed by atoms with Gasteiger partial charge in [-0.2, -0.15) is 0 Å². The minimum atomic E-state index is -0.426. The van der Waals surface area contributed by atoms with Crippen LogP contribution in [0.4, 0.5) is 0 Å². The number of ether oxygens (including phenoxy) is 1. The zero-order chi connectivity index (χ0) is 12.0. The van der Waals surface area contributed by atoms with E-state index in [0.29, 0.717) is 18.2 Å². The number of hydrogen-bond donors (Lipinski definition) is 1. The van der Waals surface area contributed by atoms with E-state index in [2.05, 4.69) is 23.9 Å². The van der Waals surface area contributed by atoms with E-state index < -0.39 is 5.97 Å². The molecule has 0 aromatic carbocycles. The Morgan fingerprint density at radius 1 is 1.62 bits per heavy atom. The van der Waals surface area contributed by atoms with Crippen LogP contribution in [0.3, 0.4) is 0 Å². The van der Waals surface area contributed by atoms with Crippen molar-refractivity contribution in [1.29, 1.82) is 0 Å². The first-order chi connectivity index (χ1) is 7.69. The van der Waals surface area contributed by atoms with Crippen LogP contribution in [0.15, 0.2) is 16.7 Å². The summed E-state index contributed by atoms with van der Waals surface area (Å²) >= 11 is 0. The van der Waals surface area contributed by atoms with E-state index in [1.165, 1.54) is 13.4 Å². The fraction of sp³-hybridized carbons (Fsp3) is 0.583. The van der Waals surface area contributed by atoms with Crippen molar-refractivity contribution in [3.63, 3.8) is 0 Å². The lowest BCUT2D eigenvalue weighted by molar-refractivity contribution is 0.0563. The molecule has 4 heteroatoms. The molecule has 1 rings (SSSR count). The summed E-state index contributed by atoms with van der Waals surface area (Å²) in [7, 11) is 1.35. The van der Waals surface area contributed by atoms with E-state index in [-0.39, 0.29) is 0 Å². The fourth-order valence-corrected chi connectivity index (χ4v) is 1.34. The molecule has 1 aromatic rings. The lowest BCUT2D eigenvalue weighted by atomic mass is 10.1. The largest absolute Gasteiger partial charge is 0.463 e. The van der Waals surface area contributed by atoms with E-state index in [1.807, 2.05) is 0 Å². The highest BCUT2D eigenvalue weighted by atomic mass is 16.5. The van der Waals surface area contributed by atoms with Crippen molar-refractivity contribution in [2.24, 2.45) is 5.92 Å². The highest BCUT2D eigenvalue weighted by Gasteiger charge is 2.15. The summed E-state index contributed by atoms with van der Waals surface area (Å²) in [6.07, 6.45) is 2.65. The summed E-state index contributed by atoms with van der Waals surface area (Å²) in [5.41, 5.74) is 0.843. The molecule has 0 amide bonds. The third-order valence-corrected chi connectivity index (χ3v) is 2.62. The minimum absolute atomic E-state index is 0.291. The van der Waals surface area contributed by atoms with Crippen molar-refractivity contribution < 1.29 is 13.9 Å². The summed E-state index contributed by atoms with van der Waals surface area (Å²) in [5.74, 6) is 0.498. The molecule has 1 aromatic heterocycles. The van der Waals surface area contributed by atoms with Crippen LogP contribution in [-0.2, 0) is 11.3 Å². The Morgan fingerprint density at radius 2 is 2.38 bits per heavy atom. The second-order valence-corrected chi connectivity index (χ2v) is 3.91. The van der Waals surface area contributed by atoms with Crippen LogP contribution in [0, 0.1) is 5.92 Å². The number of hydrogen-bond acceptors (Lipinski definition) is 4. The van der Waals surface area contributed by atoms with Gasteiger partial charge in [0.05, 0.1) is 13.4 Å². The van der Waals surface area contributed by atoms with Crippen LogP contribution < -0.4 is 5.32 Å². The number of carbonyl (C=O) groups excluding carboxylic acids is 1. The van der Waals surface area contributed by atoms with Gasteiger partial charge in [-0.15, -0.1) is 0 Å². The molecule has 0 aliphatic carbocycles. The molecule has 16 heavy (non-hydrogen) atoms. The number of carbonyl (C=O) groups is 1. The van der Waals surface area contributed by atoms with Gasteiger partial charge in [-0.05, 0) is 18.5 Å². The molecule has 0 saturated heterocycles. The molecule has 0 bridgehead atoms. The Morgan fingerprint density at radius 3 is 3.00 bits per heavy atom. The average molecular weight is 225 g/mol. The van der Waals surface area contributed by atoms with Crippen LogP contribution >= 0.6 is 0 Å². The van der Waals surface area contributed by atoms with Crippen molar-refractivity contribution in [3.8, 4) is 0 Å². The third kappa shape index (κ3) is 3.38. The maximum atomic E-state index is 11.3. The number of methoxy groups -OCH3 is 1. The normalized spacial score (nSPS) is 12.4. The van der Waals surface area contributed by atoms with Crippen LogP contribution in [-0.4, -0.2) is 19.6 Å². The fourth-order valence-electron chi connectivity index (χ4n) is 1.34. The molecule has 0 aliphatic rings. The van der Waals surface area contributed by atoms with Crippen molar-refractivity contribution in [3.05, 3.63) is 23.7 Å². The smallest absolute Gasteiger partial charge is 0.374 e. The number of rotatable bonds is 6. The number of esters is 1. The molecule has 1 heterocycles. The lowest BCUT2D eigenvalue weighted by Crippen LogP contribution is -2.21. The van der Waals surface area contributed by atoms with Gasteiger partial charge in [0.25, 0.3) is 0 Å². The maximum Gasteiger partial charge on any atom is 0.374 e. The number of furan rings is 1. The zero-order valence-electron chi connectivity index (χ0n) is 10.1. The van der Waals surface area contributed by atoms with E-state index in [4.69, 9.17) is 4.42 Å². The topological polar surface area (TPSA) is 51.5 Å². The predicted molar refractivity (Wildman–Crippen MR) is 61.2 cm³/mol. The molecule has 0 radical (unpaired) electrons. The Hall–Kier alpha value is -1.29. The quantitative estimate of drug-likeness (QED) is 0.754. The molecular weight excluding hydrogens is 206 g/mol. The summed E-state index contributed by atoms with van der Waals surface area (Å²) in [4.78, 5) is 11.3. The van der Waals surface area contributed by atoms with Crippen molar-refractivity contribution in [1.82, 2.24) is 5.32 Å². The Bertz CT molecular complexity index is 333. The van der Waals surface area contributed by atoms with Gasteiger partial charge in [0, 0.05) is 12.1 Å². The number of nitrogens with one attached hydrogen (secondary N) is 1. The van der Waals surface area contributed by atoms with E-state index in [1.54, 1.807) is 6.07 Å². The molecular formula is C12H19NO3. The van der Waals surface area contributed by atoms with Gasteiger partial charge in [0.1, 0.15) is 0 Å². The summed E-state index contributed by atoms with van der Waals surface area (Å²) < 4.78 is 9.71. The van der Waals surface area contributed by atoms with Gasteiger partial charge in [0.15, 0.2) is 0 Å². The summed E-state index contributed by atoms with van der Waals surface area (Å²) in [6, 6.07) is 1.79. The second kappa shape index (κ2) is 6.33. The lowest BCUT2D eigenvalue weighted by Gasteiger charge is -2.09. The summed E-state index contributed by atoms with van der Waals surface area (Å²) in [6.45, 7) is 5.90. The molecule has 1 N–H and O–H groups in total. The first-order valence-corrected chi connectivity index (χ1v) is 5.54. The standard InChI is InChI=1S/C12H19NO3/c1-4-9(2)7-13-8-10-5-6-16-11(10)12(14)15-3/h5-6,9,13H,4,7-8H2,1-3H3. The first-order valence-electron chi connectivity index (χ1n) is 5.54. The molecule has 0 fully saturated rings. The maximum absolute atomic E-state index is 11.3. The first kappa shape index (κ1) is 12.8. The second-order valence-electron chi connectivity index (χ2n) is 3.91. The van der Waals surface area contributed by atoms with Crippen LogP contribution in [0.2, 0.25) is 0 Å². The molecule has 0 spiro atoms. The van der Waals surface area contributed by atoms with Gasteiger partial charge in [-0.25, -0.2) is 4.79 Å². The van der Waals surface area contributed by atoms with Gasteiger partial charge in [-0.1, -0.05) is 20.3 Å². The van der Waals surface area contributed by atoms with Gasteiger partial charge in [-0.3, -0.25) is 0 Å². The van der Waals surface area contributed by atoms with Crippen molar-refractivity contribution >= 4 is 5.97 Å². The molecule has 4 nitrogen and oxygen atoms in total. The minimum Gasteiger partial charge on any atom is -0.463 e. The van der Waals surface area contributed by atoms with Crippen LogP contribution in [0.25, 0.3) is 0 Å². The summed E-state index contributed by atoms with van der Waals surface area (Å²) in [5, 5.41) is 3.29. The van der Waals surface area contributed by atoms with E-state index >= 15 is 0 Å². The van der Waals surface area contributed by atoms with Crippen LogP contribution in [0.1, 0.15) is 36.4 Å². The third-order valence-electron chi connectivity index (χ3n) is 2.62. The SMILES string of the molecule is CCC(C)CNCc1ccoc1C(=O)OC. The van der Waals surface area contributed by atoms with Gasteiger partial charge < -0.3 is 14.5 Å². The predicted octanol–water partition coefficient (Wildman–Crippen LogP) is 2.20. The van der Waals surface area contributed by atoms with Gasteiger partial charge >= 0.3 is 5.97 Å². The highest BCUT2D eigenvalue weighted by Crippen LogP contribution is 2.11. The zero-order valence-corrected chi connectivity index (χ0v) is 10.1. The van der Waals surface area contributed by atoms with E-state index in [9.17, 15) is 4.79 Å². The Balaban J connectivity index is 2.48. The highest BCUT2D eigenvalue weighted by molar-refractivity contribution is 5.87. The van der Waals surface area contributed by atoms with Gasteiger partial charge in [0.2, 0.25) is 5.76 Å². The Labute approximate surface area is 96.0 Å². The Kier molecular flexibility index (Phi) is 5.05. The molecule has 0 aliphatic heterocycles.